The third kappa shape index (κ3) is 4.50. The fourth-order valence-corrected chi connectivity index (χ4v) is 5.53. The Hall–Kier alpha value is -2.66. The van der Waals surface area contributed by atoms with E-state index in [1.807, 2.05) is 49.9 Å². The van der Waals surface area contributed by atoms with E-state index in [4.69, 9.17) is 4.74 Å². The normalized spacial score (nSPS) is 25.4. The summed E-state index contributed by atoms with van der Waals surface area (Å²) in [5, 5.41) is 0. The maximum Gasteiger partial charge on any atom is 0.275 e. The summed E-state index contributed by atoms with van der Waals surface area (Å²) in [5.41, 5.74) is 4.38. The van der Waals surface area contributed by atoms with Gasteiger partial charge in [0.15, 0.2) is 5.78 Å². The van der Waals surface area contributed by atoms with Gasteiger partial charge in [-0.3, -0.25) is 14.5 Å². The molecule has 5 heteroatoms. The number of carbonyl (C=O) groups is 2. The molecule has 0 spiro atoms. The Bertz CT molecular complexity index is 1010. The van der Waals surface area contributed by atoms with Crippen molar-refractivity contribution in [1.29, 1.82) is 0 Å². The van der Waals surface area contributed by atoms with E-state index >= 15 is 0 Å². The number of ketones is 1. The Kier molecular flexibility index (Phi) is 7.42. The van der Waals surface area contributed by atoms with Crippen molar-refractivity contribution in [2.75, 3.05) is 31.7 Å². The average Bonchev–Trinajstić information content (AvgIpc) is 3.39. The van der Waals surface area contributed by atoms with Gasteiger partial charge >= 0.3 is 0 Å². The lowest BCUT2D eigenvalue weighted by molar-refractivity contribution is -0.119. The first-order valence-corrected chi connectivity index (χ1v) is 12.6. The third-order valence-corrected chi connectivity index (χ3v) is 7.39. The molecule has 2 unspecified atom stereocenters. The topological polar surface area (TPSA) is 49.9 Å². The van der Waals surface area contributed by atoms with Gasteiger partial charge in [-0.05, 0) is 49.8 Å². The zero-order valence-corrected chi connectivity index (χ0v) is 21.2. The molecule has 4 rings (SSSR count). The van der Waals surface area contributed by atoms with Gasteiger partial charge in [0.2, 0.25) is 0 Å². The Morgan fingerprint density at radius 2 is 1.82 bits per heavy atom. The van der Waals surface area contributed by atoms with Crippen LogP contribution in [-0.2, 0) is 14.3 Å². The molecule has 0 saturated carbocycles. The fourth-order valence-electron chi connectivity index (χ4n) is 5.53. The van der Waals surface area contributed by atoms with Gasteiger partial charge in [-0.2, -0.15) is 0 Å². The molecule has 5 nitrogen and oxygen atoms in total. The SMILES string of the molecule is COCC1C(C2C(C(=O)C(C)C)=C(N3CCCC3)C(=O)N2c2ccc(C)cc2)=CCC=C[C@H]1C. The highest BCUT2D eigenvalue weighted by Gasteiger charge is 2.49. The lowest BCUT2D eigenvalue weighted by atomic mass is 9.80. The van der Waals surface area contributed by atoms with Gasteiger partial charge in [0.25, 0.3) is 5.91 Å². The average molecular weight is 463 g/mol. The molecule has 3 atom stereocenters. The minimum Gasteiger partial charge on any atom is -0.384 e. The number of likely N-dealkylation sites (tertiary alicyclic amines) is 1. The molecule has 1 saturated heterocycles. The van der Waals surface area contributed by atoms with Gasteiger partial charge < -0.3 is 9.64 Å². The van der Waals surface area contributed by atoms with Crippen LogP contribution in [-0.4, -0.2) is 49.4 Å². The molecule has 0 aromatic heterocycles. The van der Waals surface area contributed by atoms with Crippen molar-refractivity contribution in [2.24, 2.45) is 17.8 Å². The summed E-state index contributed by atoms with van der Waals surface area (Å²) in [4.78, 5) is 32.1. The van der Waals surface area contributed by atoms with Gasteiger partial charge in [0, 0.05) is 37.7 Å². The monoisotopic (exact) mass is 462 g/mol. The number of rotatable bonds is 7. The van der Waals surface area contributed by atoms with Gasteiger partial charge in [0.05, 0.1) is 18.2 Å². The number of Topliss-reactive ketones (excluding diaryl/α,β-unsaturated/α-hetero) is 1. The Labute approximate surface area is 204 Å². The number of methoxy groups -OCH3 is 1. The zero-order chi connectivity index (χ0) is 24.4. The molecule has 0 radical (unpaired) electrons. The van der Waals surface area contributed by atoms with Crippen LogP contribution in [0.1, 0.15) is 45.6 Å². The van der Waals surface area contributed by atoms with Crippen LogP contribution in [0.25, 0.3) is 0 Å². The molecule has 1 fully saturated rings. The first kappa shape index (κ1) is 24.5. The number of hydrogen-bond acceptors (Lipinski definition) is 4. The minimum atomic E-state index is -0.414. The number of amides is 1. The number of benzene rings is 1. The first-order chi connectivity index (χ1) is 16.3. The van der Waals surface area contributed by atoms with Crippen LogP contribution in [0.2, 0.25) is 0 Å². The Morgan fingerprint density at radius 1 is 1.15 bits per heavy atom. The zero-order valence-electron chi connectivity index (χ0n) is 21.2. The maximum atomic E-state index is 14.2. The summed E-state index contributed by atoms with van der Waals surface area (Å²) in [6, 6.07) is 7.68. The van der Waals surface area contributed by atoms with Crippen molar-refractivity contribution in [3.8, 4) is 0 Å². The summed E-state index contributed by atoms with van der Waals surface area (Å²) in [6.45, 7) is 10.3. The Balaban J connectivity index is 1.94. The molecule has 182 valence electrons. The molecule has 1 amide bonds. The summed E-state index contributed by atoms with van der Waals surface area (Å²) in [5.74, 6) is 0.152. The van der Waals surface area contributed by atoms with Crippen LogP contribution in [0.15, 0.2) is 59.3 Å². The highest BCUT2D eigenvalue weighted by Crippen LogP contribution is 2.43. The van der Waals surface area contributed by atoms with Crippen LogP contribution in [0.4, 0.5) is 5.69 Å². The lowest BCUT2D eigenvalue weighted by Gasteiger charge is -2.34. The maximum absolute atomic E-state index is 14.2. The number of aryl methyl sites for hydroxylation is 1. The second kappa shape index (κ2) is 10.3. The molecule has 1 aromatic carbocycles. The summed E-state index contributed by atoms with van der Waals surface area (Å²) in [6.07, 6.45) is 9.52. The number of carbonyl (C=O) groups excluding carboxylic acids is 2. The van der Waals surface area contributed by atoms with Crippen molar-refractivity contribution in [3.05, 3.63) is 64.9 Å². The van der Waals surface area contributed by atoms with Crippen LogP contribution in [0.5, 0.6) is 0 Å². The summed E-state index contributed by atoms with van der Waals surface area (Å²) < 4.78 is 5.66. The van der Waals surface area contributed by atoms with E-state index in [2.05, 4.69) is 30.1 Å². The van der Waals surface area contributed by atoms with Gasteiger partial charge in [-0.25, -0.2) is 0 Å². The molecule has 3 aliphatic rings. The van der Waals surface area contributed by atoms with Gasteiger partial charge in [-0.15, -0.1) is 0 Å². The van der Waals surface area contributed by atoms with Crippen LogP contribution < -0.4 is 4.90 Å². The number of anilines is 1. The number of nitrogens with zero attached hydrogens (tertiary/aromatic N) is 2. The van der Waals surface area contributed by atoms with E-state index in [-0.39, 0.29) is 29.4 Å². The quantitative estimate of drug-likeness (QED) is 0.531. The largest absolute Gasteiger partial charge is 0.384 e. The van der Waals surface area contributed by atoms with Crippen LogP contribution >= 0.6 is 0 Å². The lowest BCUT2D eigenvalue weighted by Crippen LogP contribution is -2.42. The first-order valence-electron chi connectivity index (χ1n) is 12.6. The highest BCUT2D eigenvalue weighted by molar-refractivity contribution is 6.18. The minimum absolute atomic E-state index is 0.0540. The predicted molar refractivity (Wildman–Crippen MR) is 137 cm³/mol. The van der Waals surface area contributed by atoms with Gasteiger partial charge in [0.1, 0.15) is 5.70 Å². The van der Waals surface area contributed by atoms with E-state index in [0.717, 1.165) is 49.2 Å². The van der Waals surface area contributed by atoms with Crippen molar-refractivity contribution < 1.29 is 14.3 Å². The van der Waals surface area contributed by atoms with Crippen molar-refractivity contribution in [1.82, 2.24) is 4.90 Å². The summed E-state index contributed by atoms with van der Waals surface area (Å²) >= 11 is 0. The van der Waals surface area contributed by atoms with E-state index in [0.29, 0.717) is 17.9 Å². The Morgan fingerprint density at radius 3 is 2.44 bits per heavy atom. The molecule has 2 aliphatic heterocycles. The second-order valence-corrected chi connectivity index (χ2v) is 10.2. The molecule has 0 bridgehead atoms. The second-order valence-electron chi connectivity index (χ2n) is 10.2. The molecular formula is C29H38N2O3. The van der Waals surface area contributed by atoms with E-state index < -0.39 is 6.04 Å². The van der Waals surface area contributed by atoms with Crippen molar-refractivity contribution in [2.45, 2.75) is 53.0 Å². The third-order valence-electron chi connectivity index (χ3n) is 7.39. The highest BCUT2D eigenvalue weighted by atomic mass is 16.5. The molecule has 34 heavy (non-hydrogen) atoms. The predicted octanol–water partition coefficient (Wildman–Crippen LogP) is 5.07. The van der Waals surface area contributed by atoms with Crippen LogP contribution in [0, 0.1) is 24.7 Å². The summed E-state index contributed by atoms with van der Waals surface area (Å²) in [7, 11) is 1.72. The van der Waals surface area contributed by atoms with Crippen LogP contribution in [0.3, 0.4) is 0 Å². The number of allylic oxidation sites excluding steroid dienone is 3. The standard InChI is InChI=1S/C29H38N2O3/c1-19(2)28(32)25-26(23-11-7-6-10-21(4)24(23)18-34-5)31(22-14-12-20(3)13-15-22)29(33)27(25)30-16-8-9-17-30/h6,10-15,19,21,24,26H,7-9,16-18H2,1-5H3/t21-,24?,26?/m1/s1. The number of hydrogen-bond donors (Lipinski definition) is 0. The van der Waals surface area contributed by atoms with Crippen molar-refractivity contribution >= 4 is 17.4 Å². The van der Waals surface area contributed by atoms with E-state index in [1.165, 1.54) is 0 Å². The smallest absolute Gasteiger partial charge is 0.275 e. The molecule has 0 N–H and O–H groups in total. The number of ether oxygens (including phenoxy) is 1. The molecule has 2 heterocycles. The van der Waals surface area contributed by atoms with Gasteiger partial charge in [-0.1, -0.05) is 56.7 Å². The van der Waals surface area contributed by atoms with E-state index in [1.54, 1.807) is 7.11 Å². The van der Waals surface area contributed by atoms with Crippen molar-refractivity contribution in [3.63, 3.8) is 0 Å². The molecule has 1 aliphatic carbocycles. The molecule has 1 aromatic rings. The fraction of sp³-hybridized carbons (Fsp3) is 0.517. The molecular weight excluding hydrogens is 424 g/mol. The van der Waals surface area contributed by atoms with E-state index in [9.17, 15) is 9.59 Å².